The van der Waals surface area contributed by atoms with Gasteiger partial charge in [0.25, 0.3) is 0 Å². The summed E-state index contributed by atoms with van der Waals surface area (Å²) in [6.07, 6.45) is 0. The molecule has 0 aliphatic rings. The smallest absolute Gasteiger partial charge is 0.164 e. The molecule has 1 N–H and O–H groups in total. The van der Waals surface area contributed by atoms with Crippen LogP contribution in [0.3, 0.4) is 0 Å². The van der Waals surface area contributed by atoms with Crippen LogP contribution < -0.4 is 4.90 Å². The Bertz CT molecular complexity index is 1990. The van der Waals surface area contributed by atoms with Gasteiger partial charge in [-0.15, -0.1) is 0 Å². The van der Waals surface area contributed by atoms with Crippen molar-refractivity contribution in [1.29, 1.82) is 0 Å². The molecule has 0 fully saturated rings. The number of hydrogen-bond donors (Lipinski definition) is 1. The Hall–Kier alpha value is -4.75. The summed E-state index contributed by atoms with van der Waals surface area (Å²) in [6, 6.07) is 35.3. The van der Waals surface area contributed by atoms with E-state index < -0.39 is 0 Å². The van der Waals surface area contributed by atoms with Crippen LogP contribution in [-0.4, -0.2) is 38.8 Å². The van der Waals surface area contributed by atoms with Crippen LogP contribution in [0.1, 0.15) is 5.69 Å². The SMILES string of the molecule is Cc1nn(-c2ccccc2)c2nc(-c3ccc(Br)cc3)c(-c3nc4ccccc4[nH]3)c(-c3ccc(N(C)C)cc3)c12. The van der Waals surface area contributed by atoms with E-state index in [2.05, 4.69) is 114 Å². The number of nitrogens with one attached hydrogen (secondary N) is 1. The van der Waals surface area contributed by atoms with Gasteiger partial charge < -0.3 is 9.88 Å². The van der Waals surface area contributed by atoms with Gasteiger partial charge in [-0.2, -0.15) is 5.10 Å². The molecule has 0 amide bonds. The minimum atomic E-state index is 0.775. The zero-order valence-corrected chi connectivity index (χ0v) is 24.5. The number of anilines is 1. The van der Waals surface area contributed by atoms with Gasteiger partial charge in [-0.05, 0) is 61.0 Å². The number of pyridine rings is 1. The molecular weight excluding hydrogens is 572 g/mol. The van der Waals surface area contributed by atoms with Gasteiger partial charge in [0.05, 0.1) is 39.1 Å². The number of aryl methyl sites for hydroxylation is 1. The second-order valence-corrected chi connectivity index (χ2v) is 11.2. The lowest BCUT2D eigenvalue weighted by molar-refractivity contribution is 0.878. The van der Waals surface area contributed by atoms with Crippen molar-refractivity contribution in [2.24, 2.45) is 0 Å². The van der Waals surface area contributed by atoms with E-state index in [9.17, 15) is 0 Å². The normalized spacial score (nSPS) is 11.4. The fraction of sp³-hybridized carbons (Fsp3) is 0.0882. The van der Waals surface area contributed by atoms with E-state index in [-0.39, 0.29) is 0 Å². The van der Waals surface area contributed by atoms with Crippen molar-refractivity contribution in [2.45, 2.75) is 6.92 Å². The number of benzene rings is 4. The quantitative estimate of drug-likeness (QED) is 0.216. The Morgan fingerprint density at radius 1 is 0.732 bits per heavy atom. The van der Waals surface area contributed by atoms with Crippen LogP contribution in [0.15, 0.2) is 108 Å². The van der Waals surface area contributed by atoms with E-state index in [0.717, 1.165) is 77.4 Å². The maximum absolute atomic E-state index is 5.37. The Morgan fingerprint density at radius 3 is 2.12 bits per heavy atom. The second kappa shape index (κ2) is 10.0. The maximum atomic E-state index is 5.37. The molecule has 0 aliphatic heterocycles. The highest BCUT2D eigenvalue weighted by Crippen LogP contribution is 2.44. The molecule has 0 unspecified atom stereocenters. The third-order valence-electron chi connectivity index (χ3n) is 7.41. The lowest BCUT2D eigenvalue weighted by Gasteiger charge is -2.17. The summed E-state index contributed by atoms with van der Waals surface area (Å²) in [5, 5.41) is 6.03. The van der Waals surface area contributed by atoms with Crippen molar-refractivity contribution in [2.75, 3.05) is 19.0 Å². The summed E-state index contributed by atoms with van der Waals surface area (Å²) in [5.41, 5.74) is 10.6. The molecule has 200 valence electrons. The number of hydrogen-bond acceptors (Lipinski definition) is 4. The third kappa shape index (κ3) is 4.39. The molecule has 0 saturated carbocycles. The molecule has 7 aromatic rings. The minimum absolute atomic E-state index is 0.775. The highest BCUT2D eigenvalue weighted by atomic mass is 79.9. The Balaban J connectivity index is 1.64. The van der Waals surface area contributed by atoms with Crippen LogP contribution in [0.2, 0.25) is 0 Å². The van der Waals surface area contributed by atoms with Gasteiger partial charge in [0.15, 0.2) is 5.65 Å². The molecule has 7 rings (SSSR count). The first kappa shape index (κ1) is 25.2. The van der Waals surface area contributed by atoms with Crippen molar-refractivity contribution >= 4 is 43.7 Å². The van der Waals surface area contributed by atoms with Crippen molar-refractivity contribution in [1.82, 2.24) is 24.7 Å². The molecule has 0 spiro atoms. The Kier molecular flexibility index (Phi) is 6.16. The van der Waals surface area contributed by atoms with Gasteiger partial charge in [0.2, 0.25) is 0 Å². The summed E-state index contributed by atoms with van der Waals surface area (Å²) < 4.78 is 2.96. The summed E-state index contributed by atoms with van der Waals surface area (Å²) in [5.74, 6) is 0.775. The number of aromatic amines is 1. The average molecular weight is 600 g/mol. The number of H-pyrrole nitrogens is 1. The number of rotatable bonds is 5. The molecule has 7 heteroatoms. The largest absolute Gasteiger partial charge is 0.378 e. The molecule has 0 bridgehead atoms. The monoisotopic (exact) mass is 598 g/mol. The molecule has 41 heavy (non-hydrogen) atoms. The fourth-order valence-electron chi connectivity index (χ4n) is 5.40. The molecule has 6 nitrogen and oxygen atoms in total. The number of halogens is 1. The first-order chi connectivity index (χ1) is 20.0. The topological polar surface area (TPSA) is 62.6 Å². The number of aromatic nitrogens is 5. The van der Waals surface area contributed by atoms with E-state index in [1.807, 2.05) is 41.1 Å². The summed E-state index contributed by atoms with van der Waals surface area (Å²) in [6.45, 7) is 2.06. The van der Waals surface area contributed by atoms with Crippen LogP contribution in [-0.2, 0) is 0 Å². The molecule has 0 atom stereocenters. The lowest BCUT2D eigenvalue weighted by Crippen LogP contribution is -2.08. The summed E-state index contributed by atoms with van der Waals surface area (Å²) in [4.78, 5) is 16.2. The molecule has 3 heterocycles. The van der Waals surface area contributed by atoms with E-state index in [0.29, 0.717) is 0 Å². The molecule has 0 radical (unpaired) electrons. The zero-order valence-electron chi connectivity index (χ0n) is 22.9. The zero-order chi connectivity index (χ0) is 28.1. The van der Waals surface area contributed by atoms with Gasteiger partial charge >= 0.3 is 0 Å². The van der Waals surface area contributed by atoms with E-state index >= 15 is 0 Å². The van der Waals surface area contributed by atoms with Gasteiger partial charge in [-0.25, -0.2) is 14.6 Å². The molecule has 0 aliphatic carbocycles. The van der Waals surface area contributed by atoms with Crippen molar-refractivity contribution in [3.05, 3.63) is 113 Å². The maximum Gasteiger partial charge on any atom is 0.164 e. The van der Waals surface area contributed by atoms with Gasteiger partial charge in [-0.3, -0.25) is 0 Å². The van der Waals surface area contributed by atoms with Crippen molar-refractivity contribution in [3.8, 4) is 39.5 Å². The predicted molar refractivity (Wildman–Crippen MR) is 172 cm³/mol. The van der Waals surface area contributed by atoms with Crippen LogP contribution in [0.4, 0.5) is 5.69 Å². The van der Waals surface area contributed by atoms with E-state index in [1.165, 1.54) is 0 Å². The number of imidazole rings is 1. The van der Waals surface area contributed by atoms with Crippen LogP contribution in [0.25, 0.3) is 61.5 Å². The predicted octanol–water partition coefficient (Wildman–Crippen LogP) is 8.43. The highest BCUT2D eigenvalue weighted by molar-refractivity contribution is 9.10. The first-order valence-electron chi connectivity index (χ1n) is 13.5. The van der Waals surface area contributed by atoms with E-state index in [4.69, 9.17) is 15.1 Å². The average Bonchev–Trinajstić information content (AvgIpc) is 3.58. The first-order valence-corrected chi connectivity index (χ1v) is 14.2. The van der Waals surface area contributed by atoms with Crippen molar-refractivity contribution in [3.63, 3.8) is 0 Å². The highest BCUT2D eigenvalue weighted by Gasteiger charge is 2.26. The minimum Gasteiger partial charge on any atom is -0.378 e. The molecular formula is C34H27BrN6. The van der Waals surface area contributed by atoms with Crippen molar-refractivity contribution < 1.29 is 0 Å². The third-order valence-corrected chi connectivity index (χ3v) is 7.94. The second-order valence-electron chi connectivity index (χ2n) is 10.3. The number of nitrogens with zero attached hydrogens (tertiary/aromatic N) is 5. The summed E-state index contributed by atoms with van der Waals surface area (Å²) in [7, 11) is 4.11. The number of fused-ring (bicyclic) bond motifs is 2. The molecule has 3 aromatic heterocycles. The van der Waals surface area contributed by atoms with Crippen LogP contribution in [0.5, 0.6) is 0 Å². The molecule has 4 aromatic carbocycles. The van der Waals surface area contributed by atoms with Gasteiger partial charge in [0, 0.05) is 35.4 Å². The van der Waals surface area contributed by atoms with E-state index in [1.54, 1.807) is 0 Å². The standard InChI is InChI=1S/C34H27BrN6/c1-21-29-30(22-15-19-25(20-16-22)40(2)3)31(33-36-27-11-7-8-12-28(27)37-33)32(23-13-17-24(35)18-14-23)38-34(29)41(39-21)26-9-5-4-6-10-26/h4-20H,1-3H3,(H,36,37). The van der Waals surface area contributed by atoms with Gasteiger partial charge in [-0.1, -0.05) is 70.5 Å². The van der Waals surface area contributed by atoms with Gasteiger partial charge in [0.1, 0.15) is 5.82 Å². The molecule has 0 saturated heterocycles. The summed E-state index contributed by atoms with van der Waals surface area (Å²) >= 11 is 3.60. The Morgan fingerprint density at radius 2 is 1.41 bits per heavy atom. The van der Waals surface area contributed by atoms with Crippen LogP contribution in [0, 0.1) is 6.92 Å². The fourth-order valence-corrected chi connectivity index (χ4v) is 5.66. The van der Waals surface area contributed by atoms with Crippen LogP contribution >= 0.6 is 15.9 Å². The number of para-hydroxylation sites is 3. The lowest BCUT2D eigenvalue weighted by atomic mass is 9.92. The Labute approximate surface area is 246 Å².